The average Bonchev–Trinajstić information content (AvgIpc) is 2.34. The second kappa shape index (κ2) is 9.23. The van der Waals surface area contributed by atoms with Crippen LogP contribution in [0.25, 0.3) is 0 Å². The molecule has 18 heavy (non-hydrogen) atoms. The van der Waals surface area contributed by atoms with Gasteiger partial charge >= 0.3 is 5.97 Å². The lowest BCUT2D eigenvalue weighted by atomic mass is 10.1. The molecule has 0 spiro atoms. The van der Waals surface area contributed by atoms with Crippen molar-refractivity contribution in [2.75, 3.05) is 20.2 Å². The van der Waals surface area contributed by atoms with Gasteiger partial charge in [0.25, 0.3) is 0 Å². The Labute approximate surface area is 106 Å². The molecule has 0 aromatic heterocycles. The highest BCUT2D eigenvalue weighted by Gasteiger charge is 2.13. The van der Waals surface area contributed by atoms with E-state index in [1.807, 2.05) is 0 Å². The zero-order valence-electron chi connectivity index (χ0n) is 10.5. The predicted octanol–water partition coefficient (Wildman–Crippen LogP) is -1.95. The SMILES string of the molecule is COC(=O)CNC(=O)[C@H](N)CCCCN=C(N)N. The first-order valence-corrected chi connectivity index (χ1v) is 5.63. The zero-order chi connectivity index (χ0) is 14.0. The van der Waals surface area contributed by atoms with E-state index in [9.17, 15) is 9.59 Å². The number of nitrogens with two attached hydrogens (primary N) is 3. The van der Waals surface area contributed by atoms with E-state index in [1.54, 1.807) is 0 Å². The van der Waals surface area contributed by atoms with Crippen LogP contribution in [0.3, 0.4) is 0 Å². The van der Waals surface area contributed by atoms with E-state index in [4.69, 9.17) is 17.2 Å². The summed E-state index contributed by atoms with van der Waals surface area (Å²) in [4.78, 5) is 26.0. The van der Waals surface area contributed by atoms with Gasteiger partial charge in [-0.3, -0.25) is 14.6 Å². The van der Waals surface area contributed by atoms with Crippen molar-refractivity contribution < 1.29 is 14.3 Å². The van der Waals surface area contributed by atoms with E-state index < -0.39 is 12.0 Å². The quantitative estimate of drug-likeness (QED) is 0.172. The molecule has 0 saturated heterocycles. The van der Waals surface area contributed by atoms with Gasteiger partial charge in [0.2, 0.25) is 5.91 Å². The van der Waals surface area contributed by atoms with Gasteiger partial charge in [0.1, 0.15) is 6.54 Å². The molecule has 104 valence electrons. The summed E-state index contributed by atoms with van der Waals surface area (Å²) < 4.78 is 4.38. The molecule has 1 atom stereocenters. The Kier molecular flexibility index (Phi) is 8.29. The van der Waals surface area contributed by atoms with Crippen LogP contribution in [-0.2, 0) is 14.3 Å². The standard InChI is InChI=1S/C10H21N5O3/c1-18-8(16)6-15-9(17)7(11)4-2-3-5-14-10(12)13/h7H,2-6,11H2,1H3,(H,15,17)(H4,12,13,14)/t7-/m1/s1. The number of carbonyl (C=O) groups is 2. The first-order chi connectivity index (χ1) is 8.47. The van der Waals surface area contributed by atoms with Crippen LogP contribution >= 0.6 is 0 Å². The van der Waals surface area contributed by atoms with Crippen molar-refractivity contribution in [1.29, 1.82) is 0 Å². The maximum absolute atomic E-state index is 11.4. The number of aliphatic imine (C=N–C) groups is 1. The molecule has 0 bridgehead atoms. The monoisotopic (exact) mass is 259 g/mol. The molecule has 0 rings (SSSR count). The third kappa shape index (κ3) is 8.34. The third-order valence-corrected chi connectivity index (χ3v) is 2.19. The summed E-state index contributed by atoms with van der Waals surface area (Å²) in [6.45, 7) is 0.343. The van der Waals surface area contributed by atoms with Gasteiger partial charge in [-0.1, -0.05) is 0 Å². The lowest BCUT2D eigenvalue weighted by molar-refractivity contribution is -0.141. The van der Waals surface area contributed by atoms with Gasteiger partial charge in [0, 0.05) is 6.54 Å². The van der Waals surface area contributed by atoms with Crippen molar-refractivity contribution >= 4 is 17.8 Å². The number of methoxy groups -OCH3 is 1. The molecular weight excluding hydrogens is 238 g/mol. The minimum absolute atomic E-state index is 0.0510. The van der Waals surface area contributed by atoms with Crippen molar-refractivity contribution in [2.45, 2.75) is 25.3 Å². The number of carbonyl (C=O) groups excluding carboxylic acids is 2. The molecule has 0 radical (unpaired) electrons. The molecule has 7 N–H and O–H groups in total. The number of rotatable bonds is 8. The van der Waals surface area contributed by atoms with Crippen LogP contribution in [0.2, 0.25) is 0 Å². The first kappa shape index (κ1) is 16.2. The number of hydrogen-bond acceptors (Lipinski definition) is 5. The molecule has 0 aromatic carbocycles. The fraction of sp³-hybridized carbons (Fsp3) is 0.700. The Bertz CT molecular complexity index is 302. The number of nitrogens with zero attached hydrogens (tertiary/aromatic N) is 1. The highest BCUT2D eigenvalue weighted by Crippen LogP contribution is 1.99. The van der Waals surface area contributed by atoms with Crippen LogP contribution in [0.4, 0.5) is 0 Å². The Morgan fingerprint density at radius 2 is 2.00 bits per heavy atom. The summed E-state index contributed by atoms with van der Waals surface area (Å²) in [6.07, 6.45) is 1.98. The predicted molar refractivity (Wildman–Crippen MR) is 67.5 cm³/mol. The molecule has 0 fully saturated rings. The second-order valence-electron chi connectivity index (χ2n) is 3.70. The van der Waals surface area contributed by atoms with Gasteiger partial charge in [-0.25, -0.2) is 0 Å². The van der Waals surface area contributed by atoms with Crippen LogP contribution in [0.1, 0.15) is 19.3 Å². The molecule has 0 saturated carbocycles. The second-order valence-corrected chi connectivity index (χ2v) is 3.70. The maximum Gasteiger partial charge on any atom is 0.325 e. The van der Waals surface area contributed by atoms with Crippen molar-refractivity contribution in [3.63, 3.8) is 0 Å². The number of guanidine groups is 1. The van der Waals surface area contributed by atoms with Gasteiger partial charge < -0.3 is 27.3 Å². The number of ether oxygens (including phenoxy) is 1. The largest absolute Gasteiger partial charge is 0.468 e. The summed E-state index contributed by atoms with van der Waals surface area (Å²) in [5.41, 5.74) is 16.0. The Balaban J connectivity index is 3.68. The lowest BCUT2D eigenvalue weighted by Gasteiger charge is -2.10. The summed E-state index contributed by atoms with van der Waals surface area (Å²) >= 11 is 0. The Morgan fingerprint density at radius 3 is 2.56 bits per heavy atom. The topological polar surface area (TPSA) is 146 Å². The first-order valence-electron chi connectivity index (χ1n) is 5.63. The fourth-order valence-electron chi connectivity index (χ4n) is 1.18. The summed E-state index contributed by atoms with van der Waals surface area (Å²) in [7, 11) is 1.25. The maximum atomic E-state index is 11.4. The molecule has 8 nitrogen and oxygen atoms in total. The van der Waals surface area contributed by atoms with Crippen molar-refractivity contribution in [3.05, 3.63) is 0 Å². The highest BCUT2D eigenvalue weighted by atomic mass is 16.5. The summed E-state index contributed by atoms with van der Waals surface area (Å²) in [5.74, 6) is -0.833. The highest BCUT2D eigenvalue weighted by molar-refractivity contribution is 5.85. The van der Waals surface area contributed by atoms with Crippen LogP contribution in [0, 0.1) is 0 Å². The molecule has 1 amide bonds. The Morgan fingerprint density at radius 1 is 1.33 bits per heavy atom. The number of amides is 1. The van der Waals surface area contributed by atoms with Gasteiger partial charge in [-0.05, 0) is 19.3 Å². The minimum atomic E-state index is -0.645. The van der Waals surface area contributed by atoms with E-state index in [0.717, 1.165) is 12.8 Å². The normalized spacial score (nSPS) is 11.4. The van der Waals surface area contributed by atoms with Crippen LogP contribution in [0.5, 0.6) is 0 Å². The lowest BCUT2D eigenvalue weighted by Crippen LogP contribution is -2.42. The van der Waals surface area contributed by atoms with Crippen LogP contribution in [-0.4, -0.2) is 44.1 Å². The zero-order valence-corrected chi connectivity index (χ0v) is 10.5. The molecule has 0 aliphatic heterocycles. The van der Waals surface area contributed by atoms with E-state index in [2.05, 4.69) is 15.0 Å². The van der Waals surface area contributed by atoms with Gasteiger partial charge in [0.15, 0.2) is 5.96 Å². The molecule has 0 aliphatic rings. The van der Waals surface area contributed by atoms with Crippen molar-refractivity contribution in [2.24, 2.45) is 22.2 Å². The summed E-state index contributed by atoms with van der Waals surface area (Å²) in [6, 6.07) is -0.645. The molecule has 0 unspecified atom stereocenters. The minimum Gasteiger partial charge on any atom is -0.468 e. The van der Waals surface area contributed by atoms with Crippen LogP contribution < -0.4 is 22.5 Å². The molecular formula is C10H21N5O3. The summed E-state index contributed by atoms with van der Waals surface area (Å²) in [5, 5.41) is 2.39. The van der Waals surface area contributed by atoms with Gasteiger partial charge in [0.05, 0.1) is 13.2 Å². The van der Waals surface area contributed by atoms with E-state index in [0.29, 0.717) is 13.0 Å². The average molecular weight is 259 g/mol. The fourth-order valence-corrected chi connectivity index (χ4v) is 1.18. The molecule has 8 heteroatoms. The van der Waals surface area contributed by atoms with Crippen molar-refractivity contribution in [1.82, 2.24) is 5.32 Å². The molecule has 0 aromatic rings. The number of nitrogens with one attached hydrogen (secondary N) is 1. The van der Waals surface area contributed by atoms with E-state index in [-0.39, 0.29) is 18.4 Å². The van der Waals surface area contributed by atoms with Crippen molar-refractivity contribution in [3.8, 4) is 0 Å². The van der Waals surface area contributed by atoms with Gasteiger partial charge in [-0.15, -0.1) is 0 Å². The molecule has 0 aliphatic carbocycles. The molecule has 0 heterocycles. The van der Waals surface area contributed by atoms with E-state index >= 15 is 0 Å². The Hall–Kier alpha value is -1.83. The third-order valence-electron chi connectivity index (χ3n) is 2.19. The number of esters is 1. The number of hydrogen-bond donors (Lipinski definition) is 4. The van der Waals surface area contributed by atoms with Crippen LogP contribution in [0.15, 0.2) is 4.99 Å². The van der Waals surface area contributed by atoms with E-state index in [1.165, 1.54) is 7.11 Å². The smallest absolute Gasteiger partial charge is 0.325 e. The number of unbranched alkanes of at least 4 members (excludes halogenated alkanes) is 1. The van der Waals surface area contributed by atoms with Gasteiger partial charge in [-0.2, -0.15) is 0 Å².